The van der Waals surface area contributed by atoms with Crippen LogP contribution < -0.4 is 15.2 Å². The first-order valence-electron chi connectivity index (χ1n) is 7.79. The molecule has 0 bridgehead atoms. The molecular weight excluding hydrogens is 384 g/mol. The zero-order valence-electron chi connectivity index (χ0n) is 14.1. The highest BCUT2D eigenvalue weighted by molar-refractivity contribution is 6.32. The number of pyridine rings is 1. The van der Waals surface area contributed by atoms with Gasteiger partial charge < -0.3 is 9.47 Å². The summed E-state index contributed by atoms with van der Waals surface area (Å²) in [5, 5.41) is 7.21. The van der Waals surface area contributed by atoms with Gasteiger partial charge >= 0.3 is 5.69 Å². The molecule has 11 heteroatoms. The lowest BCUT2D eigenvalue weighted by molar-refractivity contribution is 0.407. The molecule has 2 aromatic heterocycles. The van der Waals surface area contributed by atoms with E-state index in [1.54, 1.807) is 6.07 Å². The maximum absolute atomic E-state index is 14.3. The summed E-state index contributed by atoms with van der Waals surface area (Å²) in [5.41, 5.74) is -0.919. The van der Waals surface area contributed by atoms with Gasteiger partial charge in [0.05, 0.1) is 31.5 Å². The minimum absolute atomic E-state index is 0.0215. The highest BCUT2D eigenvalue weighted by Crippen LogP contribution is 2.32. The normalized spacial score (nSPS) is 10.8. The summed E-state index contributed by atoms with van der Waals surface area (Å²) in [6, 6.07) is 5.36. The van der Waals surface area contributed by atoms with Crippen LogP contribution in [0.2, 0.25) is 5.02 Å². The molecule has 8 nitrogen and oxygen atoms in total. The van der Waals surface area contributed by atoms with Crippen molar-refractivity contribution < 1.29 is 18.3 Å². The number of ether oxygens (including phenoxy) is 2. The second kappa shape index (κ2) is 8.12. The number of alkyl halides is 1. The van der Waals surface area contributed by atoms with E-state index < -0.39 is 18.2 Å². The predicted octanol–water partition coefficient (Wildman–Crippen LogP) is 2.78. The van der Waals surface area contributed by atoms with Gasteiger partial charge in [0.2, 0.25) is 5.88 Å². The van der Waals surface area contributed by atoms with Crippen LogP contribution >= 0.6 is 11.6 Å². The van der Waals surface area contributed by atoms with Gasteiger partial charge in [0.1, 0.15) is 17.2 Å². The highest BCUT2D eigenvalue weighted by Gasteiger charge is 2.17. The molecule has 27 heavy (non-hydrogen) atoms. The molecular formula is C16H14ClF2N5O3. The third kappa shape index (κ3) is 4.05. The number of hydrogen-bond donors (Lipinski definition) is 0. The summed E-state index contributed by atoms with van der Waals surface area (Å²) in [6.07, 6.45) is 1.54. The summed E-state index contributed by atoms with van der Waals surface area (Å²) in [6.45, 7) is -0.578. The standard InChI is InChI=1S/C16H14ClF2N5O3/c1-26-10-3-4-15(20-9-10)27-14-8-13(12(19)7-11(14)17)24-16(25)23(21-22-24)6-2-5-18/h3-4,7-9H,2,5-6H2,1H3. The molecule has 0 atom stereocenters. The van der Waals surface area contributed by atoms with Crippen molar-refractivity contribution in [2.45, 2.75) is 13.0 Å². The van der Waals surface area contributed by atoms with Crippen LogP contribution in [0.25, 0.3) is 5.69 Å². The molecule has 0 saturated carbocycles. The SMILES string of the molecule is COc1ccc(Oc2cc(-n3nnn(CCCF)c3=O)c(F)cc2Cl)nc1. The van der Waals surface area contributed by atoms with Gasteiger partial charge in [0.25, 0.3) is 0 Å². The van der Waals surface area contributed by atoms with Crippen molar-refractivity contribution in [1.82, 2.24) is 24.8 Å². The fourth-order valence-electron chi connectivity index (χ4n) is 2.19. The Hall–Kier alpha value is -3.01. The van der Waals surface area contributed by atoms with Crippen molar-refractivity contribution in [3.63, 3.8) is 0 Å². The van der Waals surface area contributed by atoms with Gasteiger partial charge in [-0.3, -0.25) is 4.39 Å². The number of halogens is 3. The lowest BCUT2D eigenvalue weighted by atomic mass is 10.3. The van der Waals surface area contributed by atoms with Crippen molar-refractivity contribution in [3.05, 3.63) is 51.8 Å². The minimum Gasteiger partial charge on any atom is -0.495 e. The Balaban J connectivity index is 1.94. The Morgan fingerprint density at radius 1 is 1.26 bits per heavy atom. The zero-order valence-corrected chi connectivity index (χ0v) is 14.9. The monoisotopic (exact) mass is 397 g/mol. The maximum Gasteiger partial charge on any atom is 0.368 e. The van der Waals surface area contributed by atoms with Gasteiger partial charge in [-0.25, -0.2) is 14.2 Å². The summed E-state index contributed by atoms with van der Waals surface area (Å²) < 4.78 is 38.9. The maximum atomic E-state index is 14.3. The van der Waals surface area contributed by atoms with Crippen LogP contribution in [0.1, 0.15) is 6.42 Å². The van der Waals surface area contributed by atoms with Crippen LogP contribution in [0.15, 0.2) is 35.3 Å². The fraction of sp³-hybridized carbons (Fsp3) is 0.250. The van der Waals surface area contributed by atoms with Crippen molar-refractivity contribution in [3.8, 4) is 23.1 Å². The highest BCUT2D eigenvalue weighted by atomic mass is 35.5. The number of aryl methyl sites for hydroxylation is 1. The van der Waals surface area contributed by atoms with E-state index in [4.69, 9.17) is 21.1 Å². The van der Waals surface area contributed by atoms with Gasteiger partial charge in [-0.1, -0.05) is 11.6 Å². The second-order valence-electron chi connectivity index (χ2n) is 5.31. The van der Waals surface area contributed by atoms with Crippen molar-refractivity contribution >= 4 is 11.6 Å². The van der Waals surface area contributed by atoms with Crippen molar-refractivity contribution in [1.29, 1.82) is 0 Å². The Kier molecular flexibility index (Phi) is 5.65. The van der Waals surface area contributed by atoms with Crippen LogP contribution in [-0.4, -0.2) is 38.6 Å². The summed E-state index contributed by atoms with van der Waals surface area (Å²) in [7, 11) is 1.50. The van der Waals surface area contributed by atoms with Crippen molar-refractivity contribution in [2.75, 3.05) is 13.8 Å². The van der Waals surface area contributed by atoms with E-state index in [9.17, 15) is 13.6 Å². The van der Waals surface area contributed by atoms with Gasteiger partial charge in [-0.15, -0.1) is 0 Å². The first-order chi connectivity index (χ1) is 13.0. The smallest absolute Gasteiger partial charge is 0.368 e. The largest absolute Gasteiger partial charge is 0.495 e. The molecule has 0 spiro atoms. The minimum atomic E-state index is -0.797. The Labute approximate surface area is 156 Å². The molecule has 2 heterocycles. The van der Waals surface area contributed by atoms with Gasteiger partial charge in [-0.05, 0) is 29.0 Å². The number of benzene rings is 1. The summed E-state index contributed by atoms with van der Waals surface area (Å²) in [5.74, 6) is -0.00971. The Morgan fingerprint density at radius 2 is 2.07 bits per heavy atom. The molecule has 1 aromatic carbocycles. The third-order valence-corrected chi connectivity index (χ3v) is 3.83. The van der Waals surface area contributed by atoms with Gasteiger partial charge in [0, 0.05) is 12.1 Å². The van der Waals surface area contributed by atoms with Crippen LogP contribution in [0.4, 0.5) is 8.78 Å². The molecule has 3 rings (SSSR count). The van der Waals surface area contributed by atoms with E-state index >= 15 is 0 Å². The fourth-order valence-corrected chi connectivity index (χ4v) is 2.38. The number of methoxy groups -OCH3 is 1. The number of nitrogens with zero attached hydrogens (tertiary/aromatic N) is 5. The molecule has 0 fully saturated rings. The van der Waals surface area contributed by atoms with Crippen LogP contribution in [0.3, 0.4) is 0 Å². The van der Waals surface area contributed by atoms with E-state index in [2.05, 4.69) is 15.4 Å². The molecule has 0 radical (unpaired) electrons. The molecule has 0 aliphatic rings. The van der Waals surface area contributed by atoms with E-state index in [1.165, 1.54) is 25.4 Å². The van der Waals surface area contributed by atoms with Gasteiger partial charge in [-0.2, -0.15) is 9.36 Å². The van der Waals surface area contributed by atoms with E-state index in [0.717, 1.165) is 15.4 Å². The Morgan fingerprint density at radius 3 is 2.74 bits per heavy atom. The zero-order chi connectivity index (χ0) is 19.4. The molecule has 0 N–H and O–H groups in total. The molecule has 142 valence electrons. The number of rotatable bonds is 7. The first kappa shape index (κ1) is 18.8. The first-order valence-corrected chi connectivity index (χ1v) is 8.17. The molecule has 0 amide bonds. The van der Waals surface area contributed by atoms with Crippen molar-refractivity contribution in [2.24, 2.45) is 0 Å². The number of aromatic nitrogens is 5. The van der Waals surface area contributed by atoms with Crippen LogP contribution in [-0.2, 0) is 6.54 Å². The predicted molar refractivity (Wildman–Crippen MR) is 92.0 cm³/mol. The topological polar surface area (TPSA) is 84.1 Å². The quantitative estimate of drug-likeness (QED) is 0.609. The molecule has 0 aliphatic heterocycles. The van der Waals surface area contributed by atoms with Crippen LogP contribution in [0.5, 0.6) is 17.4 Å². The third-order valence-electron chi connectivity index (χ3n) is 3.53. The van der Waals surface area contributed by atoms with E-state index in [1.807, 2.05) is 0 Å². The Bertz CT molecular complexity index is 991. The molecule has 3 aromatic rings. The van der Waals surface area contributed by atoms with Crippen LogP contribution in [0, 0.1) is 5.82 Å². The second-order valence-corrected chi connectivity index (χ2v) is 5.72. The van der Waals surface area contributed by atoms with Gasteiger partial charge in [0.15, 0.2) is 5.82 Å². The number of hydrogen-bond acceptors (Lipinski definition) is 6. The average molecular weight is 398 g/mol. The molecule has 0 unspecified atom stereocenters. The van der Waals surface area contributed by atoms with E-state index in [-0.39, 0.29) is 35.3 Å². The lowest BCUT2D eigenvalue weighted by Gasteiger charge is -2.09. The molecule has 0 saturated heterocycles. The summed E-state index contributed by atoms with van der Waals surface area (Å²) in [4.78, 5) is 16.3. The molecule has 0 aliphatic carbocycles. The average Bonchev–Trinajstić information content (AvgIpc) is 3.03. The number of tetrazole rings is 1. The summed E-state index contributed by atoms with van der Waals surface area (Å²) >= 11 is 6.02. The van der Waals surface area contributed by atoms with E-state index in [0.29, 0.717) is 5.75 Å². The lowest BCUT2D eigenvalue weighted by Crippen LogP contribution is -2.25.